The third-order valence-electron chi connectivity index (χ3n) is 1.90. The van der Waals surface area contributed by atoms with Gasteiger partial charge in [-0.15, -0.1) is 0 Å². The molecule has 0 aromatic rings. The van der Waals surface area contributed by atoms with E-state index in [1.807, 2.05) is 6.92 Å². The molecule has 0 spiro atoms. The van der Waals surface area contributed by atoms with Crippen molar-refractivity contribution in [2.45, 2.75) is 51.9 Å². The van der Waals surface area contributed by atoms with Crippen molar-refractivity contribution in [2.24, 2.45) is 0 Å². The lowest BCUT2D eigenvalue weighted by atomic mass is 10.2. The third-order valence-corrected chi connectivity index (χ3v) is 1.90. The molecule has 0 aliphatic heterocycles. The second-order valence-corrected chi connectivity index (χ2v) is 3.10. The number of rotatable bonds is 6. The van der Waals surface area contributed by atoms with Crippen LogP contribution in [0.15, 0.2) is 0 Å². The molecule has 4 nitrogen and oxygen atoms in total. The summed E-state index contributed by atoms with van der Waals surface area (Å²) in [4.78, 5) is 11.1. The molecule has 0 aromatic heterocycles. The van der Waals surface area contributed by atoms with E-state index in [1.165, 1.54) is 0 Å². The predicted octanol–water partition coefficient (Wildman–Crippen LogP) is 0.382. The van der Waals surface area contributed by atoms with Gasteiger partial charge in [-0.05, 0) is 12.8 Å². The summed E-state index contributed by atoms with van der Waals surface area (Å²) in [6.07, 6.45) is 1.32. The molecule has 0 radical (unpaired) electrons. The summed E-state index contributed by atoms with van der Waals surface area (Å²) < 4.78 is 0. The number of carbonyl (C=O) groups is 1. The van der Waals surface area contributed by atoms with Crippen LogP contribution < -0.4 is 5.32 Å². The molecule has 13 heavy (non-hydrogen) atoms. The quantitative estimate of drug-likeness (QED) is 0.529. The Labute approximate surface area is 79.0 Å². The minimum atomic E-state index is -1.46. The van der Waals surface area contributed by atoms with E-state index in [9.17, 15) is 4.79 Å². The zero-order chi connectivity index (χ0) is 10.3. The molecule has 0 heterocycles. The monoisotopic (exact) mass is 189 g/mol. The van der Waals surface area contributed by atoms with E-state index in [0.29, 0.717) is 12.8 Å². The maximum atomic E-state index is 11.1. The summed E-state index contributed by atoms with van der Waals surface area (Å²) >= 11 is 0. The fourth-order valence-corrected chi connectivity index (χ4v) is 1.00. The van der Waals surface area contributed by atoms with Crippen molar-refractivity contribution < 1.29 is 15.0 Å². The van der Waals surface area contributed by atoms with Crippen LogP contribution in [0.4, 0.5) is 0 Å². The van der Waals surface area contributed by atoms with Crippen LogP contribution in [-0.2, 0) is 4.79 Å². The van der Waals surface area contributed by atoms with Crippen molar-refractivity contribution in [2.75, 3.05) is 0 Å². The van der Waals surface area contributed by atoms with E-state index < -0.39 is 12.3 Å². The van der Waals surface area contributed by atoms with Crippen LogP contribution in [0.3, 0.4) is 0 Å². The van der Waals surface area contributed by atoms with Crippen LogP contribution in [-0.4, -0.2) is 28.5 Å². The fourth-order valence-electron chi connectivity index (χ4n) is 1.00. The van der Waals surface area contributed by atoms with Gasteiger partial charge in [0.05, 0.1) is 6.04 Å². The maximum Gasteiger partial charge on any atom is 0.220 e. The summed E-state index contributed by atoms with van der Waals surface area (Å²) in [7, 11) is 0. The van der Waals surface area contributed by atoms with Crippen LogP contribution in [0.25, 0.3) is 0 Å². The molecule has 0 fully saturated rings. The Hall–Kier alpha value is -0.610. The van der Waals surface area contributed by atoms with Gasteiger partial charge in [0.15, 0.2) is 6.29 Å². The lowest BCUT2D eigenvalue weighted by Crippen LogP contribution is -2.42. The van der Waals surface area contributed by atoms with E-state index in [4.69, 9.17) is 10.2 Å². The summed E-state index contributed by atoms with van der Waals surface area (Å²) in [5.41, 5.74) is 0. The Morgan fingerprint density at radius 2 is 2.00 bits per heavy atom. The largest absolute Gasteiger partial charge is 0.366 e. The van der Waals surface area contributed by atoms with E-state index in [0.717, 1.165) is 12.8 Å². The molecule has 0 aliphatic rings. The van der Waals surface area contributed by atoms with Crippen LogP contribution in [0.2, 0.25) is 0 Å². The van der Waals surface area contributed by atoms with Crippen LogP contribution in [0.5, 0.6) is 0 Å². The number of amides is 1. The van der Waals surface area contributed by atoms with Gasteiger partial charge in [0.2, 0.25) is 5.91 Å². The van der Waals surface area contributed by atoms with Gasteiger partial charge in [0, 0.05) is 6.42 Å². The molecule has 0 aromatic carbocycles. The summed E-state index contributed by atoms with van der Waals surface area (Å²) in [5, 5.41) is 20.2. The van der Waals surface area contributed by atoms with Gasteiger partial charge in [0.25, 0.3) is 0 Å². The molecule has 4 heteroatoms. The number of unbranched alkanes of at least 4 members (excludes halogenated alkanes) is 1. The maximum absolute atomic E-state index is 11.1. The van der Waals surface area contributed by atoms with E-state index >= 15 is 0 Å². The fraction of sp³-hybridized carbons (Fsp3) is 0.889. The highest BCUT2D eigenvalue weighted by Crippen LogP contribution is 1.99. The molecular formula is C9H19NO3. The third kappa shape index (κ3) is 5.60. The molecule has 0 saturated carbocycles. The minimum Gasteiger partial charge on any atom is -0.366 e. The number of aliphatic hydroxyl groups is 2. The first kappa shape index (κ1) is 12.4. The molecule has 0 bridgehead atoms. The molecular weight excluding hydrogens is 170 g/mol. The van der Waals surface area contributed by atoms with Crippen LogP contribution >= 0.6 is 0 Å². The first-order valence-electron chi connectivity index (χ1n) is 4.77. The Bertz CT molecular complexity index is 148. The Morgan fingerprint density at radius 3 is 2.38 bits per heavy atom. The normalized spacial score (nSPS) is 13.0. The van der Waals surface area contributed by atoms with Crippen molar-refractivity contribution in [3.63, 3.8) is 0 Å². The zero-order valence-corrected chi connectivity index (χ0v) is 8.29. The molecule has 0 saturated heterocycles. The summed E-state index contributed by atoms with van der Waals surface area (Å²) in [5.74, 6) is -0.109. The van der Waals surface area contributed by atoms with Crippen molar-refractivity contribution >= 4 is 5.91 Å². The first-order chi connectivity index (χ1) is 6.11. The van der Waals surface area contributed by atoms with E-state index in [-0.39, 0.29) is 5.91 Å². The van der Waals surface area contributed by atoms with Gasteiger partial charge in [-0.25, -0.2) is 0 Å². The highest BCUT2D eigenvalue weighted by atomic mass is 16.5. The number of nitrogens with one attached hydrogen (secondary N) is 1. The summed E-state index contributed by atoms with van der Waals surface area (Å²) in [6.45, 7) is 3.80. The zero-order valence-electron chi connectivity index (χ0n) is 8.29. The minimum absolute atomic E-state index is 0.109. The molecule has 0 unspecified atom stereocenters. The number of aliphatic hydroxyl groups excluding tert-OH is 1. The number of carbonyl (C=O) groups excluding carboxylic acids is 1. The number of hydrogen-bond donors (Lipinski definition) is 3. The van der Waals surface area contributed by atoms with Crippen molar-refractivity contribution in [1.29, 1.82) is 0 Å². The van der Waals surface area contributed by atoms with Crippen LogP contribution in [0, 0.1) is 0 Å². The van der Waals surface area contributed by atoms with Gasteiger partial charge < -0.3 is 15.5 Å². The SMILES string of the molecule is CCCCC(=O)N[C@@H](CC)C(O)O. The highest BCUT2D eigenvalue weighted by molar-refractivity contribution is 5.76. The van der Waals surface area contributed by atoms with Gasteiger partial charge >= 0.3 is 0 Å². The average molecular weight is 189 g/mol. The molecule has 0 rings (SSSR count). The molecule has 0 aliphatic carbocycles. The van der Waals surface area contributed by atoms with Crippen molar-refractivity contribution in [1.82, 2.24) is 5.32 Å². The molecule has 1 atom stereocenters. The number of hydrogen-bond acceptors (Lipinski definition) is 3. The van der Waals surface area contributed by atoms with Gasteiger partial charge in [0.1, 0.15) is 0 Å². The highest BCUT2D eigenvalue weighted by Gasteiger charge is 2.15. The average Bonchev–Trinajstić information content (AvgIpc) is 2.10. The molecule has 3 N–H and O–H groups in total. The predicted molar refractivity (Wildman–Crippen MR) is 50.0 cm³/mol. The Balaban J connectivity index is 3.73. The summed E-state index contributed by atoms with van der Waals surface area (Å²) in [6, 6.07) is -0.538. The van der Waals surface area contributed by atoms with Gasteiger partial charge in [-0.2, -0.15) is 0 Å². The second kappa shape index (κ2) is 6.86. The second-order valence-electron chi connectivity index (χ2n) is 3.10. The Morgan fingerprint density at radius 1 is 1.38 bits per heavy atom. The molecule has 1 amide bonds. The smallest absolute Gasteiger partial charge is 0.220 e. The molecule has 78 valence electrons. The lowest BCUT2D eigenvalue weighted by Gasteiger charge is -2.18. The Kier molecular flexibility index (Phi) is 6.54. The van der Waals surface area contributed by atoms with Gasteiger partial charge in [-0.3, -0.25) is 4.79 Å². The van der Waals surface area contributed by atoms with E-state index in [1.54, 1.807) is 6.92 Å². The van der Waals surface area contributed by atoms with Crippen LogP contribution in [0.1, 0.15) is 39.5 Å². The topological polar surface area (TPSA) is 69.6 Å². The van der Waals surface area contributed by atoms with E-state index in [2.05, 4.69) is 5.32 Å². The van der Waals surface area contributed by atoms with Crippen molar-refractivity contribution in [3.05, 3.63) is 0 Å². The standard InChI is InChI=1S/C9H19NO3/c1-3-5-6-8(11)10-7(4-2)9(12)13/h7,9,12-13H,3-6H2,1-2H3,(H,10,11)/t7-/m0/s1. The van der Waals surface area contributed by atoms with Gasteiger partial charge in [-0.1, -0.05) is 20.3 Å². The van der Waals surface area contributed by atoms with Crippen molar-refractivity contribution in [3.8, 4) is 0 Å². The lowest BCUT2D eigenvalue weighted by molar-refractivity contribution is -0.127. The first-order valence-corrected chi connectivity index (χ1v) is 4.77.